The Bertz CT molecular complexity index is 404. The Morgan fingerprint density at radius 1 is 1.41 bits per heavy atom. The van der Waals surface area contributed by atoms with Gasteiger partial charge in [-0.25, -0.2) is 0 Å². The third kappa shape index (κ3) is 3.28. The molecule has 0 spiro atoms. The molecule has 0 bridgehead atoms. The quantitative estimate of drug-likeness (QED) is 0.855. The van der Waals surface area contributed by atoms with Crippen LogP contribution in [0.25, 0.3) is 0 Å². The fourth-order valence-electron chi connectivity index (χ4n) is 1.56. The van der Waals surface area contributed by atoms with Gasteiger partial charge in [0.1, 0.15) is 6.04 Å². The zero-order valence-corrected chi connectivity index (χ0v) is 10.9. The number of methoxy groups -OCH3 is 1. The summed E-state index contributed by atoms with van der Waals surface area (Å²) in [6.07, 6.45) is 0. The monoisotopic (exact) mass is 236 g/mol. The van der Waals surface area contributed by atoms with Gasteiger partial charge in [-0.1, -0.05) is 6.07 Å². The van der Waals surface area contributed by atoms with E-state index in [1.807, 2.05) is 32.0 Å². The molecule has 1 atom stereocenters. The molecule has 0 radical (unpaired) electrons. The predicted octanol–water partition coefficient (Wildman–Crippen LogP) is 1.24. The molecule has 4 heteroatoms. The van der Waals surface area contributed by atoms with Gasteiger partial charge in [-0.05, 0) is 37.1 Å². The van der Waals surface area contributed by atoms with Crippen LogP contribution in [0, 0.1) is 13.8 Å². The van der Waals surface area contributed by atoms with E-state index in [-0.39, 0.29) is 12.5 Å². The summed E-state index contributed by atoms with van der Waals surface area (Å²) >= 11 is 0. The van der Waals surface area contributed by atoms with Crippen molar-refractivity contribution < 1.29 is 9.53 Å². The minimum absolute atomic E-state index is 0.143. The Morgan fingerprint density at radius 2 is 2.06 bits per heavy atom. The first-order valence-electron chi connectivity index (χ1n) is 5.56. The highest BCUT2D eigenvalue weighted by atomic mass is 16.5. The Balaban J connectivity index is 2.85. The molecule has 0 fully saturated rings. The van der Waals surface area contributed by atoms with Gasteiger partial charge >= 0.3 is 0 Å². The van der Waals surface area contributed by atoms with Crippen LogP contribution in [0.3, 0.4) is 0 Å². The second kappa shape index (κ2) is 5.80. The van der Waals surface area contributed by atoms with Crippen molar-refractivity contribution in [2.24, 2.45) is 5.73 Å². The number of rotatable bonds is 4. The molecule has 1 aromatic carbocycles. The normalized spacial score (nSPS) is 12.3. The molecule has 17 heavy (non-hydrogen) atoms. The van der Waals surface area contributed by atoms with E-state index in [1.165, 1.54) is 12.7 Å². The summed E-state index contributed by atoms with van der Waals surface area (Å²) < 4.78 is 4.88. The number of carbonyl (C=O) groups is 1. The first kappa shape index (κ1) is 13.7. The summed E-state index contributed by atoms with van der Waals surface area (Å²) in [4.78, 5) is 13.5. The van der Waals surface area contributed by atoms with Crippen molar-refractivity contribution in [1.82, 2.24) is 0 Å². The number of hydrogen-bond donors (Lipinski definition) is 1. The molecule has 1 unspecified atom stereocenters. The van der Waals surface area contributed by atoms with Crippen molar-refractivity contribution in [2.75, 3.05) is 25.7 Å². The van der Waals surface area contributed by atoms with Gasteiger partial charge in [-0.3, -0.25) is 4.79 Å². The van der Waals surface area contributed by atoms with Gasteiger partial charge in [-0.2, -0.15) is 0 Å². The van der Waals surface area contributed by atoms with Crippen LogP contribution in [-0.2, 0) is 9.53 Å². The van der Waals surface area contributed by atoms with Crippen LogP contribution >= 0.6 is 0 Å². The Labute approximate surface area is 102 Å². The molecular formula is C13H20N2O2. The summed E-state index contributed by atoms with van der Waals surface area (Å²) in [7, 11) is 3.26. The molecule has 0 aromatic heterocycles. The smallest absolute Gasteiger partial charge is 0.246 e. The minimum Gasteiger partial charge on any atom is -0.383 e. The van der Waals surface area contributed by atoms with Gasteiger partial charge in [0, 0.05) is 19.8 Å². The minimum atomic E-state index is -0.619. The third-order valence-corrected chi connectivity index (χ3v) is 2.87. The molecule has 0 heterocycles. The highest BCUT2D eigenvalue weighted by Crippen LogP contribution is 2.18. The van der Waals surface area contributed by atoms with Crippen LogP contribution < -0.4 is 10.6 Å². The number of benzene rings is 1. The second-order valence-electron chi connectivity index (χ2n) is 4.23. The lowest BCUT2D eigenvalue weighted by Gasteiger charge is -2.21. The number of carbonyl (C=O) groups excluding carboxylic acids is 1. The molecule has 0 saturated carbocycles. The van der Waals surface area contributed by atoms with Crippen LogP contribution in [0.5, 0.6) is 0 Å². The van der Waals surface area contributed by atoms with E-state index in [1.54, 1.807) is 11.9 Å². The largest absolute Gasteiger partial charge is 0.383 e. The summed E-state index contributed by atoms with van der Waals surface area (Å²) in [6.45, 7) is 4.29. The number of hydrogen-bond acceptors (Lipinski definition) is 3. The number of likely N-dealkylation sites (N-methyl/N-ethyl adjacent to an activating group) is 1. The lowest BCUT2D eigenvalue weighted by molar-refractivity contribution is -0.120. The number of ether oxygens (including phenoxy) is 1. The SMILES string of the molecule is COCC(N)C(=O)N(C)c1ccc(C)c(C)c1. The van der Waals surface area contributed by atoms with Gasteiger partial charge < -0.3 is 15.4 Å². The average molecular weight is 236 g/mol. The zero-order chi connectivity index (χ0) is 13.0. The maximum atomic E-state index is 12.0. The molecule has 0 saturated heterocycles. The summed E-state index contributed by atoms with van der Waals surface area (Å²) in [5.41, 5.74) is 8.93. The van der Waals surface area contributed by atoms with Gasteiger partial charge in [0.15, 0.2) is 0 Å². The number of aryl methyl sites for hydroxylation is 2. The Kier molecular flexibility index (Phi) is 4.66. The summed E-state index contributed by atoms with van der Waals surface area (Å²) in [5, 5.41) is 0. The van der Waals surface area contributed by atoms with Crippen molar-refractivity contribution in [1.29, 1.82) is 0 Å². The fourth-order valence-corrected chi connectivity index (χ4v) is 1.56. The first-order chi connectivity index (χ1) is 7.97. The molecule has 2 N–H and O–H groups in total. The standard InChI is InChI=1S/C13H20N2O2/c1-9-5-6-11(7-10(9)2)15(3)13(16)12(14)8-17-4/h5-7,12H,8,14H2,1-4H3. The maximum absolute atomic E-state index is 12.0. The van der Waals surface area contributed by atoms with Crippen molar-refractivity contribution in [3.05, 3.63) is 29.3 Å². The van der Waals surface area contributed by atoms with Gasteiger partial charge in [-0.15, -0.1) is 0 Å². The zero-order valence-electron chi connectivity index (χ0n) is 10.9. The van der Waals surface area contributed by atoms with Crippen LogP contribution in [0.1, 0.15) is 11.1 Å². The van der Waals surface area contributed by atoms with E-state index in [9.17, 15) is 4.79 Å². The summed E-state index contributed by atoms with van der Waals surface area (Å²) in [6, 6.07) is 5.27. The number of nitrogens with zero attached hydrogens (tertiary/aromatic N) is 1. The topological polar surface area (TPSA) is 55.6 Å². The maximum Gasteiger partial charge on any atom is 0.246 e. The fraction of sp³-hybridized carbons (Fsp3) is 0.462. The van der Waals surface area contributed by atoms with E-state index in [2.05, 4.69) is 0 Å². The van der Waals surface area contributed by atoms with Crippen LogP contribution in [0.2, 0.25) is 0 Å². The third-order valence-electron chi connectivity index (χ3n) is 2.87. The van der Waals surface area contributed by atoms with Gasteiger partial charge in [0.2, 0.25) is 5.91 Å². The molecule has 1 aromatic rings. The summed E-state index contributed by atoms with van der Waals surface area (Å²) in [5.74, 6) is -0.143. The first-order valence-corrected chi connectivity index (χ1v) is 5.56. The molecule has 1 rings (SSSR count). The number of amides is 1. The molecule has 94 valence electrons. The molecule has 0 aliphatic heterocycles. The van der Waals surface area contributed by atoms with Crippen molar-refractivity contribution >= 4 is 11.6 Å². The number of anilines is 1. The molecular weight excluding hydrogens is 216 g/mol. The lowest BCUT2D eigenvalue weighted by atomic mass is 10.1. The predicted molar refractivity (Wildman–Crippen MR) is 69.2 cm³/mol. The van der Waals surface area contributed by atoms with Gasteiger partial charge in [0.05, 0.1) is 6.61 Å². The lowest BCUT2D eigenvalue weighted by Crippen LogP contribution is -2.44. The number of nitrogens with two attached hydrogens (primary N) is 1. The van der Waals surface area contributed by atoms with Crippen molar-refractivity contribution in [2.45, 2.75) is 19.9 Å². The van der Waals surface area contributed by atoms with Gasteiger partial charge in [0.25, 0.3) is 0 Å². The molecule has 0 aliphatic rings. The molecule has 4 nitrogen and oxygen atoms in total. The molecule has 0 aliphatic carbocycles. The van der Waals surface area contributed by atoms with E-state index in [0.29, 0.717) is 0 Å². The average Bonchev–Trinajstić information content (AvgIpc) is 2.31. The highest BCUT2D eigenvalue weighted by molar-refractivity contribution is 5.96. The van der Waals surface area contributed by atoms with Crippen LogP contribution in [-0.4, -0.2) is 32.7 Å². The second-order valence-corrected chi connectivity index (χ2v) is 4.23. The van der Waals surface area contributed by atoms with Crippen molar-refractivity contribution in [3.63, 3.8) is 0 Å². The van der Waals surface area contributed by atoms with Crippen LogP contribution in [0.15, 0.2) is 18.2 Å². The van der Waals surface area contributed by atoms with E-state index < -0.39 is 6.04 Å². The van der Waals surface area contributed by atoms with E-state index in [0.717, 1.165) is 11.3 Å². The van der Waals surface area contributed by atoms with E-state index >= 15 is 0 Å². The van der Waals surface area contributed by atoms with E-state index in [4.69, 9.17) is 10.5 Å². The molecule has 1 amide bonds. The highest BCUT2D eigenvalue weighted by Gasteiger charge is 2.19. The van der Waals surface area contributed by atoms with Crippen LogP contribution in [0.4, 0.5) is 5.69 Å². The Morgan fingerprint density at radius 3 is 2.59 bits per heavy atom. The van der Waals surface area contributed by atoms with Crippen molar-refractivity contribution in [3.8, 4) is 0 Å². The Hall–Kier alpha value is -1.39.